The number of sulfone groups is 1. The number of aromatic nitrogens is 3. The fourth-order valence-corrected chi connectivity index (χ4v) is 3.24. The molecule has 2 heterocycles. The Morgan fingerprint density at radius 1 is 0.889 bits per heavy atom. The van der Waals surface area contributed by atoms with E-state index in [1.54, 1.807) is 19.1 Å². The summed E-state index contributed by atoms with van der Waals surface area (Å²) in [5, 5.41) is 0. The Bertz CT molecular complexity index is 1050. The molecule has 0 bridgehead atoms. The molecule has 0 aliphatic heterocycles. The van der Waals surface area contributed by atoms with Crippen LogP contribution in [-0.4, -0.2) is 29.1 Å². The molecule has 0 radical (unpaired) electrons. The second-order valence-electron chi connectivity index (χ2n) is 5.65. The average molecular weight is 393 g/mol. The van der Waals surface area contributed by atoms with Crippen molar-refractivity contribution in [1.29, 1.82) is 0 Å². The number of alkyl halides is 3. The van der Waals surface area contributed by atoms with Crippen molar-refractivity contribution in [3.05, 3.63) is 60.7 Å². The van der Waals surface area contributed by atoms with Crippen molar-refractivity contribution < 1.29 is 21.6 Å². The SMILES string of the molecule is CCS(=O)(=O)c1ccc(-c2cncc(-c3ccc(C(F)(F)F)nc3)n2)cc1. The molecule has 0 aliphatic rings. The zero-order valence-corrected chi connectivity index (χ0v) is 14.9. The molecule has 3 rings (SSSR count). The summed E-state index contributed by atoms with van der Waals surface area (Å²) >= 11 is 0. The van der Waals surface area contributed by atoms with Gasteiger partial charge in [-0.1, -0.05) is 19.1 Å². The highest BCUT2D eigenvalue weighted by Crippen LogP contribution is 2.29. The Labute approximate surface area is 153 Å². The second-order valence-corrected chi connectivity index (χ2v) is 7.93. The minimum Gasteiger partial charge on any atom is -0.260 e. The van der Waals surface area contributed by atoms with E-state index in [0.717, 1.165) is 12.3 Å². The van der Waals surface area contributed by atoms with Gasteiger partial charge in [0.15, 0.2) is 9.84 Å². The first kappa shape index (κ1) is 19.0. The van der Waals surface area contributed by atoms with Crippen LogP contribution >= 0.6 is 0 Å². The quantitative estimate of drug-likeness (QED) is 0.669. The van der Waals surface area contributed by atoms with Crippen LogP contribution in [0.1, 0.15) is 12.6 Å². The van der Waals surface area contributed by atoms with Crippen LogP contribution in [0.5, 0.6) is 0 Å². The topological polar surface area (TPSA) is 72.8 Å². The van der Waals surface area contributed by atoms with Crippen molar-refractivity contribution in [1.82, 2.24) is 15.0 Å². The van der Waals surface area contributed by atoms with Crippen molar-refractivity contribution in [3.63, 3.8) is 0 Å². The molecular formula is C18H14F3N3O2S. The average Bonchev–Trinajstić information content (AvgIpc) is 2.67. The van der Waals surface area contributed by atoms with Crippen LogP contribution < -0.4 is 0 Å². The van der Waals surface area contributed by atoms with E-state index in [-0.39, 0.29) is 10.6 Å². The number of pyridine rings is 1. The number of halogens is 3. The first-order valence-electron chi connectivity index (χ1n) is 7.89. The Kier molecular flexibility index (Phi) is 4.97. The molecule has 0 saturated heterocycles. The molecule has 0 amide bonds. The summed E-state index contributed by atoms with van der Waals surface area (Å²) in [4.78, 5) is 12.1. The minimum atomic E-state index is -4.51. The van der Waals surface area contributed by atoms with Crippen molar-refractivity contribution in [3.8, 4) is 22.5 Å². The molecule has 0 spiro atoms. The molecule has 27 heavy (non-hydrogen) atoms. The Morgan fingerprint density at radius 2 is 1.48 bits per heavy atom. The summed E-state index contributed by atoms with van der Waals surface area (Å²) in [7, 11) is -3.30. The third-order valence-electron chi connectivity index (χ3n) is 3.87. The van der Waals surface area contributed by atoms with Gasteiger partial charge in [0.05, 0.1) is 34.4 Å². The summed E-state index contributed by atoms with van der Waals surface area (Å²) in [5.74, 6) is 0.00254. The standard InChI is InChI=1S/C18H14F3N3O2S/c1-2-27(25,26)14-6-3-12(4-7-14)15-10-22-11-16(24-15)13-5-8-17(23-9-13)18(19,20)21/h3-11H,2H2,1H3. The maximum atomic E-state index is 12.6. The monoisotopic (exact) mass is 393 g/mol. The molecule has 9 heteroatoms. The molecule has 0 saturated carbocycles. The number of nitrogens with zero attached hydrogens (tertiary/aromatic N) is 3. The summed E-state index contributed by atoms with van der Waals surface area (Å²) in [6.45, 7) is 1.57. The molecule has 140 valence electrons. The fourth-order valence-electron chi connectivity index (χ4n) is 2.36. The normalized spacial score (nSPS) is 12.1. The molecule has 0 aliphatic carbocycles. The molecule has 0 atom stereocenters. The van der Waals surface area contributed by atoms with Gasteiger partial charge >= 0.3 is 6.18 Å². The molecule has 5 nitrogen and oxygen atoms in total. The Balaban J connectivity index is 1.92. The van der Waals surface area contributed by atoms with Crippen LogP contribution in [0, 0.1) is 0 Å². The zero-order chi connectivity index (χ0) is 19.7. The summed E-state index contributed by atoms with van der Waals surface area (Å²) in [5.41, 5.74) is 0.872. The van der Waals surface area contributed by atoms with Gasteiger partial charge in [-0.05, 0) is 24.3 Å². The highest BCUT2D eigenvalue weighted by atomic mass is 32.2. The maximum Gasteiger partial charge on any atom is 0.433 e. The molecule has 0 unspecified atom stereocenters. The fraction of sp³-hybridized carbons (Fsp3) is 0.167. The van der Waals surface area contributed by atoms with Gasteiger partial charge in [0.1, 0.15) is 5.69 Å². The third-order valence-corrected chi connectivity index (χ3v) is 5.62. The van der Waals surface area contributed by atoms with Crippen LogP contribution in [0.15, 0.2) is 59.9 Å². The van der Waals surface area contributed by atoms with Gasteiger partial charge in [-0.3, -0.25) is 9.97 Å². The van der Waals surface area contributed by atoms with E-state index in [1.165, 1.54) is 30.6 Å². The van der Waals surface area contributed by atoms with Crippen LogP contribution in [0.4, 0.5) is 13.2 Å². The van der Waals surface area contributed by atoms with E-state index in [4.69, 9.17) is 0 Å². The number of benzene rings is 1. The van der Waals surface area contributed by atoms with E-state index in [9.17, 15) is 21.6 Å². The van der Waals surface area contributed by atoms with Gasteiger partial charge in [0.2, 0.25) is 0 Å². The largest absolute Gasteiger partial charge is 0.433 e. The lowest BCUT2D eigenvalue weighted by Crippen LogP contribution is -2.07. The van der Waals surface area contributed by atoms with E-state index >= 15 is 0 Å². The van der Waals surface area contributed by atoms with Crippen molar-refractivity contribution in [2.75, 3.05) is 5.75 Å². The van der Waals surface area contributed by atoms with Crippen molar-refractivity contribution in [2.24, 2.45) is 0 Å². The smallest absolute Gasteiger partial charge is 0.260 e. The van der Waals surface area contributed by atoms with E-state index in [2.05, 4.69) is 15.0 Å². The summed E-state index contributed by atoms with van der Waals surface area (Å²) in [6, 6.07) is 8.36. The molecule has 0 N–H and O–H groups in total. The number of rotatable bonds is 4. The predicted molar refractivity (Wildman–Crippen MR) is 93.4 cm³/mol. The van der Waals surface area contributed by atoms with E-state index < -0.39 is 21.7 Å². The molecule has 1 aromatic carbocycles. The minimum absolute atomic E-state index is 0.00254. The summed E-state index contributed by atoms with van der Waals surface area (Å²) < 4.78 is 61.6. The summed E-state index contributed by atoms with van der Waals surface area (Å²) in [6.07, 6.45) is -0.506. The van der Waals surface area contributed by atoms with Gasteiger partial charge in [-0.15, -0.1) is 0 Å². The first-order chi connectivity index (χ1) is 12.7. The predicted octanol–water partition coefficient (Wildman–Crippen LogP) is 4.02. The van der Waals surface area contributed by atoms with E-state index in [1.807, 2.05) is 0 Å². The van der Waals surface area contributed by atoms with Gasteiger partial charge in [-0.25, -0.2) is 13.4 Å². The second kappa shape index (κ2) is 7.07. The van der Waals surface area contributed by atoms with Crippen LogP contribution in [-0.2, 0) is 16.0 Å². The lowest BCUT2D eigenvalue weighted by Gasteiger charge is -2.08. The van der Waals surface area contributed by atoms with Gasteiger partial charge < -0.3 is 0 Å². The van der Waals surface area contributed by atoms with Crippen molar-refractivity contribution in [2.45, 2.75) is 18.0 Å². The lowest BCUT2D eigenvalue weighted by atomic mass is 10.1. The van der Waals surface area contributed by atoms with Crippen LogP contribution in [0.3, 0.4) is 0 Å². The molecule has 3 aromatic rings. The maximum absolute atomic E-state index is 12.6. The van der Waals surface area contributed by atoms with Gasteiger partial charge in [0, 0.05) is 17.3 Å². The third kappa shape index (κ3) is 4.13. The Morgan fingerprint density at radius 3 is 2.00 bits per heavy atom. The van der Waals surface area contributed by atoms with Gasteiger partial charge in [0.25, 0.3) is 0 Å². The molecular weight excluding hydrogens is 379 g/mol. The lowest BCUT2D eigenvalue weighted by molar-refractivity contribution is -0.141. The van der Waals surface area contributed by atoms with Crippen LogP contribution in [0.25, 0.3) is 22.5 Å². The first-order valence-corrected chi connectivity index (χ1v) is 9.55. The van der Waals surface area contributed by atoms with Crippen molar-refractivity contribution >= 4 is 9.84 Å². The zero-order valence-electron chi connectivity index (χ0n) is 14.1. The highest BCUT2D eigenvalue weighted by molar-refractivity contribution is 7.91. The molecule has 0 fully saturated rings. The van der Waals surface area contributed by atoms with E-state index in [0.29, 0.717) is 22.5 Å². The van der Waals surface area contributed by atoms with Crippen LogP contribution in [0.2, 0.25) is 0 Å². The number of hydrogen-bond acceptors (Lipinski definition) is 5. The Hall–Kier alpha value is -2.81. The van der Waals surface area contributed by atoms with Gasteiger partial charge in [-0.2, -0.15) is 13.2 Å². The molecule has 2 aromatic heterocycles. The highest BCUT2D eigenvalue weighted by Gasteiger charge is 2.32. The number of hydrogen-bond donors (Lipinski definition) is 0.